The van der Waals surface area contributed by atoms with Gasteiger partial charge in [0, 0.05) is 22.2 Å². The van der Waals surface area contributed by atoms with Crippen LogP contribution >= 0.6 is 11.6 Å². The summed E-state index contributed by atoms with van der Waals surface area (Å²) in [6.07, 6.45) is 0. The van der Waals surface area contributed by atoms with E-state index in [4.69, 9.17) is 25.6 Å². The Hall–Kier alpha value is -3.06. The average molecular weight is 374 g/mol. The molecular formula is C18H16ClN3O4. The minimum absolute atomic E-state index is 0.0892. The highest BCUT2D eigenvalue weighted by molar-refractivity contribution is 6.30. The lowest BCUT2D eigenvalue weighted by atomic mass is 10.2. The first-order valence-electron chi connectivity index (χ1n) is 7.69. The smallest absolute Gasteiger partial charge is 0.251 e. The second-order valence-electron chi connectivity index (χ2n) is 5.31. The summed E-state index contributed by atoms with van der Waals surface area (Å²) in [5.41, 5.74) is 1.13. The molecule has 1 aromatic heterocycles. The third kappa shape index (κ3) is 4.12. The normalized spacial score (nSPS) is 10.4. The number of nitrogens with one attached hydrogen (secondary N) is 1. The molecule has 0 bridgehead atoms. The molecule has 2 aromatic carbocycles. The number of halogens is 1. The van der Waals surface area contributed by atoms with Crippen LogP contribution in [0.4, 0.5) is 0 Å². The quantitative estimate of drug-likeness (QED) is 0.713. The number of benzene rings is 2. The molecule has 134 valence electrons. The maximum atomic E-state index is 12.3. The first-order chi connectivity index (χ1) is 12.6. The molecule has 1 heterocycles. The molecule has 0 radical (unpaired) electrons. The Bertz CT molecular complexity index is 904. The van der Waals surface area contributed by atoms with Gasteiger partial charge in [0.05, 0.1) is 20.8 Å². The van der Waals surface area contributed by atoms with Gasteiger partial charge < -0.3 is 19.3 Å². The SMILES string of the molecule is COc1cc(OC)cc(C(=O)NCc2nc(-c3cccc(Cl)c3)no2)c1. The third-order valence-corrected chi connectivity index (χ3v) is 3.80. The summed E-state index contributed by atoms with van der Waals surface area (Å²) < 4.78 is 15.5. The Morgan fingerprint density at radius 3 is 2.54 bits per heavy atom. The van der Waals surface area contributed by atoms with Crippen LogP contribution in [0.15, 0.2) is 47.0 Å². The van der Waals surface area contributed by atoms with Crippen molar-refractivity contribution in [1.82, 2.24) is 15.5 Å². The monoisotopic (exact) mass is 373 g/mol. The van der Waals surface area contributed by atoms with Crippen molar-refractivity contribution in [3.05, 3.63) is 58.9 Å². The average Bonchev–Trinajstić information content (AvgIpc) is 3.14. The van der Waals surface area contributed by atoms with Crippen molar-refractivity contribution >= 4 is 17.5 Å². The van der Waals surface area contributed by atoms with Crippen LogP contribution in [-0.2, 0) is 6.54 Å². The van der Waals surface area contributed by atoms with Crippen molar-refractivity contribution in [2.75, 3.05) is 14.2 Å². The first kappa shape index (κ1) is 17.8. The summed E-state index contributed by atoms with van der Waals surface area (Å²) in [7, 11) is 3.04. The molecule has 8 heteroatoms. The number of ether oxygens (including phenoxy) is 2. The number of carbonyl (C=O) groups is 1. The highest BCUT2D eigenvalue weighted by Crippen LogP contribution is 2.23. The molecule has 1 amide bonds. The zero-order valence-electron chi connectivity index (χ0n) is 14.2. The van der Waals surface area contributed by atoms with Crippen molar-refractivity contribution in [1.29, 1.82) is 0 Å². The zero-order chi connectivity index (χ0) is 18.5. The van der Waals surface area contributed by atoms with Gasteiger partial charge in [0.2, 0.25) is 11.7 Å². The molecule has 0 saturated carbocycles. The molecule has 0 aliphatic heterocycles. The number of amides is 1. The predicted octanol–water partition coefficient (Wildman–Crippen LogP) is 3.34. The fourth-order valence-electron chi connectivity index (χ4n) is 2.27. The number of nitrogens with zero attached hydrogens (tertiary/aromatic N) is 2. The van der Waals surface area contributed by atoms with E-state index >= 15 is 0 Å². The molecule has 0 aliphatic carbocycles. The van der Waals surface area contributed by atoms with Crippen LogP contribution in [0.1, 0.15) is 16.2 Å². The van der Waals surface area contributed by atoms with E-state index in [1.54, 1.807) is 36.4 Å². The number of aromatic nitrogens is 2. The molecule has 0 saturated heterocycles. The van der Waals surface area contributed by atoms with Gasteiger partial charge >= 0.3 is 0 Å². The second-order valence-corrected chi connectivity index (χ2v) is 5.74. The highest BCUT2D eigenvalue weighted by Gasteiger charge is 2.13. The van der Waals surface area contributed by atoms with Crippen LogP contribution in [-0.4, -0.2) is 30.3 Å². The van der Waals surface area contributed by atoms with Gasteiger partial charge in [-0.2, -0.15) is 4.98 Å². The minimum atomic E-state index is -0.315. The fraction of sp³-hybridized carbons (Fsp3) is 0.167. The minimum Gasteiger partial charge on any atom is -0.497 e. The van der Waals surface area contributed by atoms with Crippen molar-refractivity contribution in [3.63, 3.8) is 0 Å². The molecule has 1 N–H and O–H groups in total. The van der Waals surface area contributed by atoms with Crippen molar-refractivity contribution in [3.8, 4) is 22.9 Å². The van der Waals surface area contributed by atoms with Gasteiger partial charge in [0.25, 0.3) is 5.91 Å². The van der Waals surface area contributed by atoms with Gasteiger partial charge in [0.1, 0.15) is 11.5 Å². The van der Waals surface area contributed by atoms with Gasteiger partial charge in [0.15, 0.2) is 0 Å². The van der Waals surface area contributed by atoms with Crippen molar-refractivity contribution in [2.24, 2.45) is 0 Å². The Labute approximate surface area is 154 Å². The molecular weight excluding hydrogens is 358 g/mol. The zero-order valence-corrected chi connectivity index (χ0v) is 14.9. The number of hydrogen-bond donors (Lipinski definition) is 1. The van der Waals surface area contributed by atoms with E-state index in [9.17, 15) is 4.79 Å². The maximum Gasteiger partial charge on any atom is 0.251 e. The summed E-state index contributed by atoms with van der Waals surface area (Å²) in [5.74, 6) is 1.42. The maximum absolute atomic E-state index is 12.3. The molecule has 3 aromatic rings. The Balaban J connectivity index is 1.69. The largest absolute Gasteiger partial charge is 0.497 e. The standard InChI is InChI=1S/C18H16ClN3O4/c1-24-14-7-12(8-15(9-14)25-2)18(23)20-10-16-21-17(22-26-16)11-4-3-5-13(19)6-11/h3-9H,10H2,1-2H3,(H,20,23). The van der Waals surface area contributed by atoms with Gasteiger partial charge in [-0.25, -0.2) is 0 Å². The van der Waals surface area contributed by atoms with Crippen LogP contribution in [0.25, 0.3) is 11.4 Å². The number of carbonyl (C=O) groups excluding carboxylic acids is 1. The molecule has 3 rings (SSSR count). The van der Waals surface area contributed by atoms with Crippen LogP contribution in [0.3, 0.4) is 0 Å². The summed E-state index contributed by atoms with van der Waals surface area (Å²) >= 11 is 5.96. The lowest BCUT2D eigenvalue weighted by molar-refractivity contribution is 0.0945. The third-order valence-electron chi connectivity index (χ3n) is 3.56. The lowest BCUT2D eigenvalue weighted by Gasteiger charge is -2.08. The lowest BCUT2D eigenvalue weighted by Crippen LogP contribution is -2.23. The van der Waals surface area contributed by atoms with E-state index < -0.39 is 0 Å². The summed E-state index contributed by atoms with van der Waals surface area (Å²) in [5, 5.41) is 7.20. The molecule has 0 unspecified atom stereocenters. The van der Waals surface area contributed by atoms with Gasteiger partial charge in [-0.05, 0) is 24.3 Å². The molecule has 0 spiro atoms. The van der Waals surface area contributed by atoms with Gasteiger partial charge in [-0.15, -0.1) is 0 Å². The Kier molecular flexibility index (Phi) is 5.38. The number of rotatable bonds is 6. The summed E-state index contributed by atoms with van der Waals surface area (Å²) in [4.78, 5) is 16.6. The van der Waals surface area contributed by atoms with E-state index in [2.05, 4.69) is 15.5 Å². The van der Waals surface area contributed by atoms with Gasteiger partial charge in [-0.1, -0.05) is 28.9 Å². The van der Waals surface area contributed by atoms with E-state index in [0.29, 0.717) is 27.9 Å². The molecule has 26 heavy (non-hydrogen) atoms. The predicted molar refractivity (Wildman–Crippen MR) is 95.5 cm³/mol. The summed E-state index contributed by atoms with van der Waals surface area (Å²) in [6.45, 7) is 0.0892. The van der Waals surface area contributed by atoms with E-state index in [1.165, 1.54) is 14.2 Å². The van der Waals surface area contributed by atoms with E-state index in [1.807, 2.05) is 6.07 Å². The van der Waals surface area contributed by atoms with Crippen molar-refractivity contribution in [2.45, 2.75) is 6.54 Å². The van der Waals surface area contributed by atoms with E-state index in [0.717, 1.165) is 5.56 Å². The topological polar surface area (TPSA) is 86.5 Å². The molecule has 0 aliphatic rings. The Morgan fingerprint density at radius 2 is 1.88 bits per heavy atom. The van der Waals surface area contributed by atoms with Crippen LogP contribution in [0.5, 0.6) is 11.5 Å². The van der Waals surface area contributed by atoms with Crippen molar-refractivity contribution < 1.29 is 18.8 Å². The van der Waals surface area contributed by atoms with Gasteiger partial charge in [-0.3, -0.25) is 4.79 Å². The second kappa shape index (κ2) is 7.88. The fourth-order valence-corrected chi connectivity index (χ4v) is 2.46. The highest BCUT2D eigenvalue weighted by atomic mass is 35.5. The van der Waals surface area contributed by atoms with Crippen LogP contribution in [0.2, 0.25) is 5.02 Å². The number of methoxy groups -OCH3 is 2. The Morgan fingerprint density at radius 1 is 1.15 bits per heavy atom. The van der Waals surface area contributed by atoms with Crippen LogP contribution in [0, 0.1) is 0 Å². The van der Waals surface area contributed by atoms with Crippen LogP contribution < -0.4 is 14.8 Å². The summed E-state index contributed by atoms with van der Waals surface area (Å²) in [6, 6.07) is 12.0. The molecule has 7 nitrogen and oxygen atoms in total. The molecule has 0 fully saturated rings. The first-order valence-corrected chi connectivity index (χ1v) is 8.06. The van der Waals surface area contributed by atoms with E-state index in [-0.39, 0.29) is 18.3 Å². The number of hydrogen-bond acceptors (Lipinski definition) is 6. The molecule has 0 atom stereocenters.